The second-order valence-corrected chi connectivity index (χ2v) is 5.34. The second-order valence-electron chi connectivity index (χ2n) is 5.34. The van der Waals surface area contributed by atoms with Gasteiger partial charge in [0.05, 0.1) is 5.54 Å². The van der Waals surface area contributed by atoms with Crippen molar-refractivity contribution < 1.29 is 9.53 Å². The summed E-state index contributed by atoms with van der Waals surface area (Å²) in [5.74, 6) is 0.792. The lowest BCUT2D eigenvalue weighted by atomic mass is 9.88. The number of rotatable bonds is 6. The number of nitrogens with one attached hydrogen (secondary N) is 1. The molecule has 4 heteroatoms. The van der Waals surface area contributed by atoms with Gasteiger partial charge in [0, 0.05) is 6.54 Å². The molecule has 0 saturated carbocycles. The number of amides is 1. The first-order valence-electron chi connectivity index (χ1n) is 6.63. The van der Waals surface area contributed by atoms with E-state index in [1.807, 2.05) is 51.1 Å². The molecule has 0 aliphatic rings. The zero-order valence-corrected chi connectivity index (χ0v) is 12.1. The Morgan fingerprint density at radius 3 is 2.37 bits per heavy atom. The van der Waals surface area contributed by atoms with Crippen molar-refractivity contribution >= 4 is 5.91 Å². The molecule has 1 amide bonds. The van der Waals surface area contributed by atoms with E-state index >= 15 is 0 Å². The first-order chi connectivity index (χ1) is 8.89. The smallest absolute Gasteiger partial charge is 0.261 e. The Bertz CT molecular complexity index is 406. The van der Waals surface area contributed by atoms with Gasteiger partial charge in [-0.05, 0) is 31.9 Å². The van der Waals surface area contributed by atoms with Gasteiger partial charge in [-0.3, -0.25) is 4.79 Å². The molecule has 0 bridgehead atoms. The quantitative estimate of drug-likeness (QED) is 0.825. The van der Waals surface area contributed by atoms with E-state index in [9.17, 15) is 4.79 Å². The Kier molecular flexibility index (Phi) is 5.36. The molecule has 0 spiro atoms. The molecule has 1 rings (SSSR count). The summed E-state index contributed by atoms with van der Waals surface area (Å²) in [4.78, 5) is 12.1. The Morgan fingerprint density at radius 1 is 1.32 bits per heavy atom. The first kappa shape index (κ1) is 15.5. The van der Waals surface area contributed by atoms with Crippen molar-refractivity contribution in [3.63, 3.8) is 0 Å². The normalized spacial score (nSPS) is 15.7. The summed E-state index contributed by atoms with van der Waals surface area (Å²) < 4.78 is 5.59. The third-order valence-corrected chi connectivity index (χ3v) is 3.53. The SMILES string of the molecule is CC(Oc1ccccc1)C(=O)NC(C)(CN)C(C)C. The molecule has 3 N–H and O–H groups in total. The monoisotopic (exact) mass is 264 g/mol. The highest BCUT2D eigenvalue weighted by Crippen LogP contribution is 2.16. The largest absolute Gasteiger partial charge is 0.481 e. The molecule has 106 valence electrons. The number of para-hydroxylation sites is 1. The van der Waals surface area contributed by atoms with Crippen molar-refractivity contribution in [1.82, 2.24) is 5.32 Å². The zero-order valence-electron chi connectivity index (χ0n) is 12.1. The van der Waals surface area contributed by atoms with Crippen LogP contribution in [0.2, 0.25) is 0 Å². The Morgan fingerprint density at radius 2 is 1.89 bits per heavy atom. The lowest BCUT2D eigenvalue weighted by Crippen LogP contribution is -2.57. The number of carbonyl (C=O) groups excluding carboxylic acids is 1. The van der Waals surface area contributed by atoms with E-state index in [1.54, 1.807) is 6.92 Å². The molecule has 1 aromatic rings. The van der Waals surface area contributed by atoms with Gasteiger partial charge in [-0.25, -0.2) is 0 Å². The standard InChI is InChI=1S/C15H24N2O2/c1-11(2)15(4,10-16)17-14(18)12(3)19-13-8-6-5-7-9-13/h5-9,11-12H,10,16H2,1-4H3,(H,17,18). The van der Waals surface area contributed by atoms with E-state index in [4.69, 9.17) is 10.5 Å². The van der Waals surface area contributed by atoms with E-state index in [0.717, 1.165) is 0 Å². The van der Waals surface area contributed by atoms with Crippen LogP contribution in [0.15, 0.2) is 30.3 Å². The highest BCUT2D eigenvalue weighted by molar-refractivity contribution is 5.81. The van der Waals surface area contributed by atoms with Gasteiger partial charge < -0.3 is 15.8 Å². The van der Waals surface area contributed by atoms with Crippen LogP contribution < -0.4 is 15.8 Å². The molecule has 4 nitrogen and oxygen atoms in total. The number of nitrogens with two attached hydrogens (primary N) is 1. The molecule has 0 radical (unpaired) electrons. The summed E-state index contributed by atoms with van der Waals surface area (Å²) in [6, 6.07) is 9.31. The molecule has 2 atom stereocenters. The molecule has 0 aliphatic heterocycles. The van der Waals surface area contributed by atoms with Crippen molar-refractivity contribution in [2.24, 2.45) is 11.7 Å². The van der Waals surface area contributed by atoms with Gasteiger partial charge >= 0.3 is 0 Å². The average Bonchev–Trinajstić information content (AvgIpc) is 2.39. The molecule has 19 heavy (non-hydrogen) atoms. The molecular weight excluding hydrogens is 240 g/mol. The number of benzene rings is 1. The molecular formula is C15H24N2O2. The van der Waals surface area contributed by atoms with Crippen molar-refractivity contribution in [3.8, 4) is 5.75 Å². The number of ether oxygens (including phenoxy) is 1. The van der Waals surface area contributed by atoms with Gasteiger partial charge in [-0.1, -0.05) is 32.0 Å². The fraction of sp³-hybridized carbons (Fsp3) is 0.533. The molecule has 0 aromatic heterocycles. The maximum Gasteiger partial charge on any atom is 0.261 e. The van der Waals surface area contributed by atoms with Gasteiger partial charge in [0.25, 0.3) is 5.91 Å². The second kappa shape index (κ2) is 6.57. The Labute approximate surface area is 115 Å². The van der Waals surface area contributed by atoms with E-state index in [0.29, 0.717) is 12.3 Å². The van der Waals surface area contributed by atoms with Crippen LogP contribution in [0.4, 0.5) is 0 Å². The van der Waals surface area contributed by atoms with Gasteiger partial charge in [-0.15, -0.1) is 0 Å². The Hall–Kier alpha value is -1.55. The van der Waals surface area contributed by atoms with Crippen LogP contribution in [0.5, 0.6) is 5.75 Å². The minimum absolute atomic E-state index is 0.148. The predicted molar refractivity (Wildman–Crippen MR) is 77.0 cm³/mol. The highest BCUT2D eigenvalue weighted by Gasteiger charge is 2.30. The number of hydrogen-bond donors (Lipinski definition) is 2. The van der Waals surface area contributed by atoms with Crippen molar-refractivity contribution in [2.45, 2.75) is 39.3 Å². The summed E-state index contributed by atoms with van der Waals surface area (Å²) in [6.45, 7) is 8.16. The van der Waals surface area contributed by atoms with Gasteiger partial charge in [-0.2, -0.15) is 0 Å². The lowest BCUT2D eigenvalue weighted by molar-refractivity contribution is -0.129. The van der Waals surface area contributed by atoms with Crippen LogP contribution in [0.3, 0.4) is 0 Å². The summed E-state index contributed by atoms with van der Waals surface area (Å²) in [6.07, 6.45) is -0.549. The van der Waals surface area contributed by atoms with Crippen LogP contribution in [0.1, 0.15) is 27.7 Å². The summed E-state index contributed by atoms with van der Waals surface area (Å²) in [7, 11) is 0. The molecule has 2 unspecified atom stereocenters. The molecule has 0 aliphatic carbocycles. The van der Waals surface area contributed by atoms with E-state index < -0.39 is 11.6 Å². The van der Waals surface area contributed by atoms with Crippen LogP contribution in [-0.2, 0) is 4.79 Å². The van der Waals surface area contributed by atoms with Crippen LogP contribution >= 0.6 is 0 Å². The summed E-state index contributed by atoms with van der Waals surface area (Å²) in [5.41, 5.74) is 5.34. The summed E-state index contributed by atoms with van der Waals surface area (Å²) >= 11 is 0. The average molecular weight is 264 g/mol. The van der Waals surface area contributed by atoms with Crippen molar-refractivity contribution in [1.29, 1.82) is 0 Å². The number of carbonyl (C=O) groups is 1. The topological polar surface area (TPSA) is 64.3 Å². The first-order valence-corrected chi connectivity index (χ1v) is 6.63. The van der Waals surface area contributed by atoms with Gasteiger partial charge in [0.1, 0.15) is 5.75 Å². The van der Waals surface area contributed by atoms with Crippen molar-refractivity contribution in [3.05, 3.63) is 30.3 Å². The van der Waals surface area contributed by atoms with Crippen LogP contribution in [-0.4, -0.2) is 24.1 Å². The van der Waals surface area contributed by atoms with Gasteiger partial charge in [0.2, 0.25) is 0 Å². The van der Waals surface area contributed by atoms with Gasteiger partial charge in [0.15, 0.2) is 6.10 Å². The van der Waals surface area contributed by atoms with E-state index in [1.165, 1.54) is 0 Å². The highest BCUT2D eigenvalue weighted by atomic mass is 16.5. The molecule has 0 fully saturated rings. The minimum Gasteiger partial charge on any atom is -0.481 e. The maximum absolute atomic E-state index is 12.1. The fourth-order valence-electron chi connectivity index (χ4n) is 1.57. The molecule has 0 heterocycles. The third kappa shape index (κ3) is 4.24. The van der Waals surface area contributed by atoms with E-state index in [2.05, 4.69) is 5.32 Å². The maximum atomic E-state index is 12.1. The van der Waals surface area contributed by atoms with Crippen LogP contribution in [0.25, 0.3) is 0 Å². The minimum atomic E-state index is -0.549. The Balaban J connectivity index is 2.63. The molecule has 0 saturated heterocycles. The van der Waals surface area contributed by atoms with Crippen molar-refractivity contribution in [2.75, 3.05) is 6.54 Å². The lowest BCUT2D eigenvalue weighted by Gasteiger charge is -2.34. The fourth-order valence-corrected chi connectivity index (χ4v) is 1.57. The third-order valence-electron chi connectivity index (χ3n) is 3.53. The number of hydrogen-bond acceptors (Lipinski definition) is 3. The van der Waals surface area contributed by atoms with Crippen LogP contribution in [0, 0.1) is 5.92 Å². The zero-order chi connectivity index (χ0) is 14.5. The van der Waals surface area contributed by atoms with E-state index in [-0.39, 0.29) is 11.8 Å². The summed E-state index contributed by atoms with van der Waals surface area (Å²) in [5, 5.41) is 2.97. The molecule has 1 aromatic carbocycles. The predicted octanol–water partition coefficient (Wildman–Crippen LogP) is 1.94.